The predicted octanol–water partition coefficient (Wildman–Crippen LogP) is 10.2. The third-order valence-corrected chi connectivity index (χ3v) is 11.0. The van der Waals surface area contributed by atoms with Crippen LogP contribution in [-0.4, -0.2) is 29.3 Å². The van der Waals surface area contributed by atoms with Crippen LogP contribution in [0.15, 0.2) is 113 Å². The molecular weight excluding hydrogens is 544 g/mol. The number of rotatable bonds is 3. The van der Waals surface area contributed by atoms with Crippen molar-refractivity contribution in [3.8, 4) is 0 Å². The topological polar surface area (TPSA) is 6.25 Å². The zero-order valence-electron chi connectivity index (χ0n) is 26.4. The second-order valence-corrected chi connectivity index (χ2v) is 14.1. The maximum absolute atomic E-state index is 7.17. The maximum atomic E-state index is 7.17. The van der Waals surface area contributed by atoms with E-state index in [2.05, 4.69) is 136 Å². The standard InChI is InChI=1S/C40H42ClN2/c1-39(2)34(42(5)32-22-18-26-12-7-9-16-30(26)36(32)39)24-20-28-14-11-15-29(38(28)41)21-25-35-40(3,4)37-31-17-10-8-13-27(31)19-23-33(37)43(35)6/h7-10,12-13,16-18,20-22,24-25H,11,14-15,19,23H2,1-6H3/q+1. The van der Waals surface area contributed by atoms with Crippen molar-refractivity contribution >= 4 is 39.3 Å². The molecule has 7 rings (SSSR count). The summed E-state index contributed by atoms with van der Waals surface area (Å²) in [4.78, 5) is 2.44. The Morgan fingerprint density at radius 2 is 1.58 bits per heavy atom. The van der Waals surface area contributed by atoms with Gasteiger partial charge in [-0.1, -0.05) is 86.1 Å². The molecule has 2 aliphatic carbocycles. The van der Waals surface area contributed by atoms with Gasteiger partial charge in [-0.2, -0.15) is 4.58 Å². The van der Waals surface area contributed by atoms with Crippen LogP contribution >= 0.6 is 11.6 Å². The molecule has 0 spiro atoms. The number of nitrogens with zero attached hydrogens (tertiary/aromatic N) is 2. The summed E-state index contributed by atoms with van der Waals surface area (Å²) in [6.45, 7) is 9.45. The summed E-state index contributed by atoms with van der Waals surface area (Å²) in [5.74, 6) is 0. The predicted molar refractivity (Wildman–Crippen MR) is 183 cm³/mol. The third kappa shape index (κ3) is 4.32. The van der Waals surface area contributed by atoms with Gasteiger partial charge in [0.1, 0.15) is 7.05 Å². The quantitative estimate of drug-likeness (QED) is 0.277. The van der Waals surface area contributed by atoms with Crippen molar-refractivity contribution in [2.24, 2.45) is 5.41 Å². The maximum Gasteiger partial charge on any atom is 0.210 e. The molecule has 4 aliphatic rings. The van der Waals surface area contributed by atoms with Crippen molar-refractivity contribution in [2.75, 3.05) is 14.1 Å². The Bertz CT molecular complexity index is 1870. The summed E-state index contributed by atoms with van der Waals surface area (Å²) in [5, 5.41) is 3.56. The number of halogens is 1. The highest BCUT2D eigenvalue weighted by Crippen LogP contribution is 2.54. The molecule has 0 aromatic heterocycles. The molecule has 0 amide bonds. The number of aryl methyl sites for hydroxylation is 1. The lowest BCUT2D eigenvalue weighted by Crippen LogP contribution is -2.27. The molecule has 0 fully saturated rings. The minimum atomic E-state index is -0.102. The van der Waals surface area contributed by atoms with E-state index in [1.807, 2.05) is 0 Å². The Kier molecular flexibility index (Phi) is 6.71. The highest BCUT2D eigenvalue weighted by atomic mass is 35.5. The van der Waals surface area contributed by atoms with Crippen molar-refractivity contribution < 1.29 is 4.58 Å². The van der Waals surface area contributed by atoms with Crippen LogP contribution in [0.3, 0.4) is 0 Å². The fraction of sp³-hybridized carbons (Fsp3) is 0.325. The van der Waals surface area contributed by atoms with Crippen molar-refractivity contribution in [1.82, 2.24) is 4.90 Å². The molecule has 3 heteroatoms. The highest BCUT2D eigenvalue weighted by Gasteiger charge is 2.45. The normalized spacial score (nSPS) is 22.8. The summed E-state index contributed by atoms with van der Waals surface area (Å²) in [7, 11) is 4.44. The molecule has 43 heavy (non-hydrogen) atoms. The Morgan fingerprint density at radius 3 is 2.42 bits per heavy atom. The average Bonchev–Trinajstić information content (AvgIpc) is 3.33. The van der Waals surface area contributed by atoms with Crippen molar-refractivity contribution in [3.63, 3.8) is 0 Å². The molecular formula is C40H42ClN2+. The molecule has 2 heterocycles. The minimum absolute atomic E-state index is 0.0558. The molecule has 0 saturated carbocycles. The number of hydrogen-bond donors (Lipinski definition) is 0. The fourth-order valence-corrected chi connectivity index (χ4v) is 8.64. The van der Waals surface area contributed by atoms with Gasteiger partial charge in [0.25, 0.3) is 0 Å². The summed E-state index contributed by atoms with van der Waals surface area (Å²) in [5.41, 5.74) is 13.5. The number of hydrogen-bond acceptors (Lipinski definition) is 1. The largest absolute Gasteiger partial charge is 0.350 e. The minimum Gasteiger partial charge on any atom is -0.350 e. The monoisotopic (exact) mass is 585 g/mol. The molecule has 0 saturated heterocycles. The molecule has 0 unspecified atom stereocenters. The van der Waals surface area contributed by atoms with Gasteiger partial charge in [-0.05, 0) is 96.7 Å². The van der Waals surface area contributed by atoms with E-state index in [-0.39, 0.29) is 10.8 Å². The first-order valence-electron chi connectivity index (χ1n) is 15.8. The summed E-state index contributed by atoms with van der Waals surface area (Å²) in [6, 6.07) is 22.2. The van der Waals surface area contributed by atoms with Gasteiger partial charge < -0.3 is 4.90 Å². The zero-order chi connectivity index (χ0) is 30.1. The van der Waals surface area contributed by atoms with Crippen LogP contribution < -0.4 is 0 Å². The van der Waals surface area contributed by atoms with Crippen molar-refractivity contribution in [2.45, 2.75) is 65.2 Å². The molecule has 2 nitrogen and oxygen atoms in total. The summed E-state index contributed by atoms with van der Waals surface area (Å²) in [6.07, 6.45) is 14.6. The molecule has 3 aromatic carbocycles. The Morgan fingerprint density at radius 1 is 0.814 bits per heavy atom. The molecule has 0 radical (unpaired) electrons. The average molecular weight is 586 g/mol. The Labute approximate surface area is 262 Å². The number of benzene rings is 3. The van der Waals surface area contributed by atoms with Crippen LogP contribution in [0.2, 0.25) is 0 Å². The van der Waals surface area contributed by atoms with Crippen LogP contribution in [0.5, 0.6) is 0 Å². The van der Waals surface area contributed by atoms with Crippen LogP contribution in [0.25, 0.3) is 16.3 Å². The van der Waals surface area contributed by atoms with Crippen LogP contribution in [0.4, 0.5) is 5.69 Å². The van der Waals surface area contributed by atoms with Gasteiger partial charge in [0.05, 0.1) is 5.41 Å². The highest BCUT2D eigenvalue weighted by molar-refractivity contribution is 6.32. The van der Waals surface area contributed by atoms with Crippen molar-refractivity contribution in [1.29, 1.82) is 0 Å². The van der Waals surface area contributed by atoms with E-state index < -0.39 is 0 Å². The van der Waals surface area contributed by atoms with E-state index in [1.165, 1.54) is 67.0 Å². The van der Waals surface area contributed by atoms with Gasteiger partial charge in [-0.25, -0.2) is 0 Å². The molecule has 218 valence electrons. The summed E-state index contributed by atoms with van der Waals surface area (Å²) < 4.78 is 2.36. The SMILES string of the molecule is CN1C2=C(c3ccccc3CC2)C(C)(C)/C1=C\C=C1CCCC(/C=C/C2=[N+](C)c3ccc4ccccc4c3C2(C)C)=C1Cl. The van der Waals surface area contributed by atoms with Gasteiger partial charge in [0, 0.05) is 46.6 Å². The third-order valence-electron chi connectivity index (χ3n) is 10.5. The second-order valence-electron chi connectivity index (χ2n) is 13.7. The van der Waals surface area contributed by atoms with E-state index in [1.54, 1.807) is 0 Å². The van der Waals surface area contributed by atoms with Crippen molar-refractivity contribution in [3.05, 3.63) is 129 Å². The fourth-order valence-electron chi connectivity index (χ4n) is 8.32. The zero-order valence-corrected chi connectivity index (χ0v) is 27.1. The van der Waals surface area contributed by atoms with Gasteiger partial charge in [0.2, 0.25) is 5.69 Å². The summed E-state index contributed by atoms with van der Waals surface area (Å²) >= 11 is 7.17. The van der Waals surface area contributed by atoms with Crippen LogP contribution in [-0.2, 0) is 11.8 Å². The lowest BCUT2D eigenvalue weighted by molar-refractivity contribution is -0.401. The Balaban J connectivity index is 1.20. The van der Waals surface area contributed by atoms with Gasteiger partial charge in [-0.15, -0.1) is 0 Å². The first kappa shape index (κ1) is 28.2. The van der Waals surface area contributed by atoms with E-state index in [4.69, 9.17) is 11.6 Å². The van der Waals surface area contributed by atoms with E-state index >= 15 is 0 Å². The molecule has 0 bridgehead atoms. The number of allylic oxidation sites excluding steroid dienone is 9. The second kappa shape index (κ2) is 10.2. The smallest absolute Gasteiger partial charge is 0.210 e. The van der Waals surface area contributed by atoms with Crippen LogP contribution in [0.1, 0.15) is 70.1 Å². The first-order valence-corrected chi connectivity index (χ1v) is 16.2. The van der Waals surface area contributed by atoms with Gasteiger partial charge in [-0.3, -0.25) is 0 Å². The molecule has 2 aliphatic heterocycles. The lowest BCUT2D eigenvalue weighted by atomic mass is 9.75. The van der Waals surface area contributed by atoms with Gasteiger partial charge >= 0.3 is 0 Å². The van der Waals surface area contributed by atoms with E-state index in [0.29, 0.717) is 0 Å². The Hall–Kier alpha value is -3.62. The van der Waals surface area contributed by atoms with E-state index in [9.17, 15) is 0 Å². The van der Waals surface area contributed by atoms with E-state index in [0.717, 1.165) is 37.1 Å². The number of fused-ring (bicyclic) bond motifs is 5. The lowest BCUT2D eigenvalue weighted by Gasteiger charge is -2.27. The van der Waals surface area contributed by atoms with Gasteiger partial charge in [0.15, 0.2) is 5.71 Å². The molecule has 3 aromatic rings. The van der Waals surface area contributed by atoms with Crippen LogP contribution in [0, 0.1) is 5.41 Å². The molecule has 0 N–H and O–H groups in total. The first-order chi connectivity index (χ1) is 20.6. The molecule has 0 atom stereocenters.